The molecule has 0 aromatic carbocycles. The Morgan fingerprint density at radius 1 is 0.776 bits per heavy atom. The van der Waals surface area contributed by atoms with Crippen LogP contribution in [0.1, 0.15) is 71.6 Å². The number of fused-ring (bicyclic) bond motifs is 5. The van der Waals surface area contributed by atoms with Crippen LogP contribution in [-0.2, 0) is 28.5 Å². The van der Waals surface area contributed by atoms with Gasteiger partial charge in [-0.05, 0) is 92.4 Å². The highest BCUT2D eigenvalue weighted by Crippen LogP contribution is 2.70. The van der Waals surface area contributed by atoms with E-state index in [0.717, 1.165) is 56.9 Å². The fourth-order valence-electron chi connectivity index (χ4n) is 11.4. The summed E-state index contributed by atoms with van der Waals surface area (Å²) in [4.78, 5) is 11.9. The lowest BCUT2D eigenvalue weighted by Crippen LogP contribution is -2.65. The maximum Gasteiger partial charge on any atom is 0.331 e. The lowest BCUT2D eigenvalue weighted by molar-refractivity contribution is -0.364. The first kappa shape index (κ1) is 36.1. The molecule has 0 unspecified atom stereocenters. The summed E-state index contributed by atoms with van der Waals surface area (Å²) in [6, 6.07) is 0. The largest absolute Gasteiger partial charge is 0.458 e. The number of carbonyl (C=O) groups excluding carboxylic acids is 1. The minimum atomic E-state index is -1.74. The number of rotatable bonds is 7. The van der Waals surface area contributed by atoms with E-state index in [1.54, 1.807) is 6.08 Å². The van der Waals surface area contributed by atoms with Crippen LogP contribution in [-0.4, -0.2) is 140 Å². The normalized spacial score (nSPS) is 54.4. The van der Waals surface area contributed by atoms with Crippen molar-refractivity contribution in [2.45, 2.75) is 145 Å². The van der Waals surface area contributed by atoms with Gasteiger partial charge in [0.25, 0.3) is 0 Å². The van der Waals surface area contributed by atoms with E-state index in [4.69, 9.17) is 23.7 Å². The van der Waals surface area contributed by atoms with Crippen LogP contribution in [0, 0.1) is 34.5 Å². The zero-order valence-electron chi connectivity index (χ0n) is 28.3. The summed E-state index contributed by atoms with van der Waals surface area (Å²) < 4.78 is 28.6. The van der Waals surface area contributed by atoms with Crippen molar-refractivity contribution in [3.63, 3.8) is 0 Å². The maximum absolute atomic E-state index is 12.5. The Bertz CT molecular complexity index is 1260. The first-order chi connectivity index (χ1) is 23.3. The second kappa shape index (κ2) is 13.3. The van der Waals surface area contributed by atoms with E-state index in [1.807, 2.05) is 0 Å². The SMILES string of the molecule is C[C@]12CC[C@H](O[C@@H]3O[C@H](CO)[C@@H](O[C@@H]4O[C@H](CO)[C@@H](O)[C@H](O)[C@H]4O)[C@H](O)[C@H]3O)C[C@@H]1CC[C@@H]1[C@@H]2CC[C@]2(C)[C@H](C3=CC(=O)OC3)CC[C@]12O. The summed E-state index contributed by atoms with van der Waals surface area (Å²) in [6.07, 6.45) is -5.96. The van der Waals surface area contributed by atoms with Crippen LogP contribution in [0.4, 0.5) is 0 Å². The number of esters is 1. The third-order valence-corrected chi connectivity index (χ3v) is 14.2. The van der Waals surface area contributed by atoms with Crippen molar-refractivity contribution in [3.05, 3.63) is 11.6 Å². The monoisotopic (exact) mass is 698 g/mol. The molecule has 4 saturated carbocycles. The number of hydrogen-bond donors (Lipinski definition) is 8. The van der Waals surface area contributed by atoms with Crippen LogP contribution >= 0.6 is 0 Å². The van der Waals surface area contributed by atoms with Crippen molar-refractivity contribution in [1.82, 2.24) is 0 Å². The van der Waals surface area contributed by atoms with Crippen molar-refractivity contribution >= 4 is 5.97 Å². The number of aliphatic hydroxyl groups is 8. The molecule has 14 heteroatoms. The lowest BCUT2D eigenvalue weighted by atomic mass is 9.43. The van der Waals surface area contributed by atoms with Crippen molar-refractivity contribution < 1.29 is 69.3 Å². The van der Waals surface area contributed by atoms with E-state index in [9.17, 15) is 45.6 Å². The number of hydrogen-bond acceptors (Lipinski definition) is 14. The standard InChI is InChI=1S/C35H54O14/c1-33-8-5-18(46-31-29(43)27(41)30(23(14-37)48-31)49-32-28(42)26(40)25(39)22(13-36)47-32)12-17(33)3-4-21-20(33)6-9-34(2)19(7-10-35(21,34)44)16-11-24(38)45-15-16/h11,17-23,25-32,36-37,39-44H,3-10,12-15H2,1-2H3/t17-,18-,19-,20-,21+,22+,23+,25+,26-,27+,28+,29+,30+,31+,32-,33-,34+,35-/m0/s1. The summed E-state index contributed by atoms with van der Waals surface area (Å²) in [6.45, 7) is 3.60. The van der Waals surface area contributed by atoms with Gasteiger partial charge in [0.1, 0.15) is 55.4 Å². The highest BCUT2D eigenvalue weighted by Gasteiger charge is 2.68. The second-order valence-electron chi connectivity index (χ2n) is 16.3. The number of cyclic esters (lactones) is 1. The van der Waals surface area contributed by atoms with Crippen LogP contribution in [0.5, 0.6) is 0 Å². The zero-order valence-corrected chi connectivity index (χ0v) is 28.3. The minimum Gasteiger partial charge on any atom is -0.458 e. The molecule has 0 radical (unpaired) electrons. The Balaban J connectivity index is 0.990. The smallest absolute Gasteiger partial charge is 0.331 e. The topological polar surface area (TPSA) is 225 Å². The first-order valence-corrected chi connectivity index (χ1v) is 18.1. The predicted octanol–water partition coefficient (Wildman–Crippen LogP) is -0.747. The zero-order chi connectivity index (χ0) is 35.0. The van der Waals surface area contributed by atoms with Crippen LogP contribution in [0.2, 0.25) is 0 Å². The molecule has 7 rings (SSSR count). The molecule has 0 bridgehead atoms. The molecular weight excluding hydrogens is 644 g/mol. The molecule has 0 aromatic heterocycles. The van der Waals surface area contributed by atoms with Gasteiger partial charge < -0.3 is 64.5 Å². The molecule has 8 N–H and O–H groups in total. The molecule has 4 aliphatic carbocycles. The molecule has 278 valence electrons. The van der Waals surface area contributed by atoms with Crippen LogP contribution < -0.4 is 0 Å². The molecule has 18 atom stereocenters. The van der Waals surface area contributed by atoms with Gasteiger partial charge in [0.2, 0.25) is 0 Å². The molecule has 0 spiro atoms. The molecule has 3 aliphatic heterocycles. The van der Waals surface area contributed by atoms with Crippen molar-refractivity contribution in [2.75, 3.05) is 19.8 Å². The fraction of sp³-hybridized carbons (Fsp3) is 0.914. The molecular formula is C35H54O14. The number of aliphatic hydroxyl groups excluding tert-OH is 7. The summed E-state index contributed by atoms with van der Waals surface area (Å²) in [5.41, 5.74) is -0.0991. The third-order valence-electron chi connectivity index (χ3n) is 14.2. The molecule has 14 nitrogen and oxygen atoms in total. The van der Waals surface area contributed by atoms with Gasteiger partial charge in [-0.3, -0.25) is 0 Å². The Hall–Kier alpha value is -1.27. The fourth-order valence-corrected chi connectivity index (χ4v) is 11.4. The lowest BCUT2D eigenvalue weighted by Gasteiger charge is -2.64. The van der Waals surface area contributed by atoms with Gasteiger partial charge in [0.05, 0.1) is 24.9 Å². The van der Waals surface area contributed by atoms with E-state index in [-0.39, 0.29) is 34.7 Å². The Labute approximate surface area is 285 Å². The molecule has 0 aromatic rings. The molecule has 0 amide bonds. The van der Waals surface area contributed by atoms with Crippen molar-refractivity contribution in [1.29, 1.82) is 0 Å². The third kappa shape index (κ3) is 5.73. The van der Waals surface area contributed by atoms with Gasteiger partial charge in [-0.1, -0.05) is 13.8 Å². The first-order valence-electron chi connectivity index (χ1n) is 18.1. The average Bonchev–Trinajstić information content (AvgIpc) is 3.63. The minimum absolute atomic E-state index is 0.00679. The van der Waals surface area contributed by atoms with Crippen molar-refractivity contribution in [3.8, 4) is 0 Å². The molecule has 6 fully saturated rings. The Kier molecular flexibility index (Phi) is 9.80. The summed E-state index contributed by atoms with van der Waals surface area (Å²) in [5.74, 6) is 0.683. The molecule has 3 heterocycles. The van der Waals surface area contributed by atoms with Gasteiger partial charge in [-0.2, -0.15) is 0 Å². The van der Waals surface area contributed by atoms with Crippen molar-refractivity contribution in [2.24, 2.45) is 34.5 Å². The highest BCUT2D eigenvalue weighted by molar-refractivity contribution is 5.85. The molecule has 7 aliphatic rings. The summed E-state index contributed by atoms with van der Waals surface area (Å²) >= 11 is 0. The van der Waals surface area contributed by atoms with Crippen LogP contribution in [0.25, 0.3) is 0 Å². The average molecular weight is 699 g/mol. The Morgan fingerprint density at radius 3 is 2.16 bits per heavy atom. The van der Waals surface area contributed by atoms with E-state index in [0.29, 0.717) is 24.9 Å². The van der Waals surface area contributed by atoms with Gasteiger partial charge >= 0.3 is 5.97 Å². The van der Waals surface area contributed by atoms with E-state index < -0.39 is 80.2 Å². The van der Waals surface area contributed by atoms with Gasteiger partial charge in [-0.15, -0.1) is 0 Å². The number of carbonyl (C=O) groups is 1. The quantitative estimate of drug-likeness (QED) is 0.121. The summed E-state index contributed by atoms with van der Waals surface area (Å²) in [5, 5.41) is 84.9. The van der Waals surface area contributed by atoms with E-state index in [2.05, 4.69) is 13.8 Å². The molecule has 2 saturated heterocycles. The Morgan fingerprint density at radius 2 is 1.47 bits per heavy atom. The van der Waals surface area contributed by atoms with E-state index >= 15 is 0 Å². The predicted molar refractivity (Wildman–Crippen MR) is 167 cm³/mol. The highest BCUT2D eigenvalue weighted by atomic mass is 16.7. The van der Waals surface area contributed by atoms with Gasteiger partial charge in [0.15, 0.2) is 12.6 Å². The van der Waals surface area contributed by atoms with Gasteiger partial charge in [-0.25, -0.2) is 4.79 Å². The second-order valence-corrected chi connectivity index (χ2v) is 16.3. The summed E-state index contributed by atoms with van der Waals surface area (Å²) in [7, 11) is 0. The van der Waals surface area contributed by atoms with Crippen LogP contribution in [0.3, 0.4) is 0 Å². The van der Waals surface area contributed by atoms with Gasteiger partial charge in [0, 0.05) is 11.5 Å². The molecule has 49 heavy (non-hydrogen) atoms. The number of ether oxygens (including phenoxy) is 5. The van der Waals surface area contributed by atoms with E-state index in [1.165, 1.54) is 0 Å². The van der Waals surface area contributed by atoms with Crippen LogP contribution in [0.15, 0.2) is 11.6 Å². The maximum atomic E-state index is 12.5.